The van der Waals surface area contributed by atoms with E-state index in [1.54, 1.807) is 6.07 Å². The number of carbonyl (C=O) groups excluding carboxylic acids is 1. The molecule has 0 aliphatic rings. The monoisotopic (exact) mass is 351 g/mol. The Labute approximate surface area is 140 Å². The van der Waals surface area contributed by atoms with Gasteiger partial charge in [-0.05, 0) is 25.5 Å². The quantitative estimate of drug-likeness (QED) is 0.636. The van der Waals surface area contributed by atoms with E-state index in [0.29, 0.717) is 6.29 Å². The summed E-state index contributed by atoms with van der Waals surface area (Å²) in [5, 5.41) is 2.52. The number of halogens is 1. The van der Waals surface area contributed by atoms with Crippen LogP contribution in [-0.2, 0) is 9.84 Å². The molecule has 1 atom stereocenters. The summed E-state index contributed by atoms with van der Waals surface area (Å²) < 4.78 is 37.9. The predicted molar refractivity (Wildman–Crippen MR) is 89.3 cm³/mol. The van der Waals surface area contributed by atoms with E-state index >= 15 is 0 Å². The molecule has 2 rings (SSSR count). The van der Waals surface area contributed by atoms with Gasteiger partial charge in [-0.3, -0.25) is 4.79 Å². The molecule has 1 unspecified atom stereocenters. The van der Waals surface area contributed by atoms with Crippen LogP contribution in [-0.4, -0.2) is 37.0 Å². The zero-order valence-corrected chi connectivity index (χ0v) is 14.4. The predicted octanol–water partition coefficient (Wildman–Crippen LogP) is 2.71. The Morgan fingerprint density at radius 1 is 1.29 bits per heavy atom. The van der Waals surface area contributed by atoms with Crippen molar-refractivity contribution >= 4 is 21.9 Å². The summed E-state index contributed by atoms with van der Waals surface area (Å²) >= 11 is 0. The molecule has 0 radical (unpaired) electrons. The van der Waals surface area contributed by atoms with E-state index in [0.717, 1.165) is 12.7 Å². The van der Waals surface area contributed by atoms with Crippen LogP contribution in [0.2, 0.25) is 0 Å². The Balaban J connectivity index is 2.79. The lowest BCUT2D eigenvalue weighted by molar-refractivity contribution is 0.112. The Morgan fingerprint density at radius 3 is 2.50 bits per heavy atom. The Morgan fingerprint density at radius 2 is 1.96 bits per heavy atom. The van der Waals surface area contributed by atoms with Crippen molar-refractivity contribution < 1.29 is 17.6 Å². The minimum Gasteiger partial charge on any atom is -0.367 e. The zero-order chi connectivity index (χ0) is 17.9. The summed E-state index contributed by atoms with van der Waals surface area (Å²) in [7, 11) is -3.74. The zero-order valence-electron chi connectivity index (χ0n) is 13.6. The number of carbonyl (C=O) groups is 1. The molecule has 8 heteroatoms. The summed E-state index contributed by atoms with van der Waals surface area (Å²) in [6.45, 7) is 3.79. The molecule has 0 saturated carbocycles. The van der Waals surface area contributed by atoms with Gasteiger partial charge in [0.15, 0.2) is 6.29 Å². The Hall–Kier alpha value is -2.35. The molecular weight excluding hydrogens is 333 g/mol. The number of nitrogens with zero attached hydrogens (tertiary/aromatic N) is 2. The maximum atomic E-state index is 14.1. The number of aldehydes is 1. The fourth-order valence-corrected chi connectivity index (χ4v) is 2.54. The highest BCUT2D eigenvalue weighted by Crippen LogP contribution is 2.29. The van der Waals surface area contributed by atoms with Gasteiger partial charge in [0.25, 0.3) is 0 Å². The van der Waals surface area contributed by atoms with Crippen LogP contribution in [0, 0.1) is 5.82 Å². The molecule has 0 aliphatic heterocycles. The van der Waals surface area contributed by atoms with Crippen molar-refractivity contribution in [1.29, 1.82) is 0 Å². The maximum absolute atomic E-state index is 14.1. The minimum atomic E-state index is -3.74. The van der Waals surface area contributed by atoms with E-state index in [-0.39, 0.29) is 28.7 Å². The number of anilines is 1. The van der Waals surface area contributed by atoms with Gasteiger partial charge < -0.3 is 5.32 Å². The molecule has 2 aromatic rings. The van der Waals surface area contributed by atoms with Gasteiger partial charge in [-0.1, -0.05) is 19.1 Å². The van der Waals surface area contributed by atoms with Crippen LogP contribution >= 0.6 is 0 Å². The first kappa shape index (κ1) is 18.0. The number of aromatic nitrogens is 2. The standard InChI is InChI=1S/C16H18FN3O3S/c1-4-10(2)18-15-12(9-21)14(11-7-5-6-8-13(11)17)19-16(20-15)24(3,22)23/h5-10H,4H2,1-3H3,(H,18,19,20). The van der Waals surface area contributed by atoms with Crippen molar-refractivity contribution in [3.05, 3.63) is 35.6 Å². The molecule has 0 amide bonds. The third kappa shape index (κ3) is 3.76. The minimum absolute atomic E-state index is 0.0211. The topological polar surface area (TPSA) is 89.0 Å². The van der Waals surface area contributed by atoms with Gasteiger partial charge >= 0.3 is 0 Å². The van der Waals surface area contributed by atoms with Crippen LogP contribution in [0.1, 0.15) is 30.6 Å². The number of sulfone groups is 1. The number of rotatable bonds is 6. The van der Waals surface area contributed by atoms with Gasteiger partial charge in [0.1, 0.15) is 11.6 Å². The van der Waals surface area contributed by atoms with Gasteiger partial charge in [-0.15, -0.1) is 0 Å². The van der Waals surface area contributed by atoms with E-state index in [4.69, 9.17) is 0 Å². The molecular formula is C16H18FN3O3S. The van der Waals surface area contributed by atoms with Crippen LogP contribution in [0.3, 0.4) is 0 Å². The van der Waals surface area contributed by atoms with Gasteiger partial charge in [-0.2, -0.15) is 0 Å². The first-order chi connectivity index (χ1) is 11.3. The molecule has 0 aliphatic carbocycles. The molecule has 0 spiro atoms. The summed E-state index contributed by atoms with van der Waals surface area (Å²) in [6.07, 6.45) is 2.19. The average Bonchev–Trinajstić information content (AvgIpc) is 2.53. The highest BCUT2D eigenvalue weighted by molar-refractivity contribution is 7.90. The molecule has 6 nitrogen and oxygen atoms in total. The van der Waals surface area contributed by atoms with Crippen molar-refractivity contribution in [2.24, 2.45) is 0 Å². The van der Waals surface area contributed by atoms with E-state index in [1.165, 1.54) is 18.2 Å². The third-order valence-electron chi connectivity index (χ3n) is 3.50. The number of hydrogen-bond acceptors (Lipinski definition) is 6. The lowest BCUT2D eigenvalue weighted by Crippen LogP contribution is -2.19. The average molecular weight is 351 g/mol. The smallest absolute Gasteiger partial charge is 0.249 e. The first-order valence-corrected chi connectivity index (χ1v) is 9.25. The van der Waals surface area contributed by atoms with Gasteiger partial charge in [0.05, 0.1) is 11.3 Å². The van der Waals surface area contributed by atoms with Crippen molar-refractivity contribution in [3.8, 4) is 11.3 Å². The second kappa shape index (κ2) is 7.04. The van der Waals surface area contributed by atoms with Crippen LogP contribution < -0.4 is 5.32 Å². The Kier molecular flexibility index (Phi) is 5.28. The normalized spacial score (nSPS) is 12.7. The molecule has 1 heterocycles. The fourth-order valence-electron chi connectivity index (χ4n) is 2.03. The molecule has 1 aromatic heterocycles. The fraction of sp³-hybridized carbons (Fsp3) is 0.312. The Bertz CT molecular complexity index is 869. The molecule has 0 fully saturated rings. The summed E-state index contributed by atoms with van der Waals surface area (Å²) in [6, 6.07) is 5.67. The third-order valence-corrected chi connectivity index (χ3v) is 4.34. The van der Waals surface area contributed by atoms with Crippen LogP contribution in [0.15, 0.2) is 29.4 Å². The van der Waals surface area contributed by atoms with Crippen molar-refractivity contribution in [2.75, 3.05) is 11.6 Å². The molecule has 0 saturated heterocycles. The molecule has 0 bridgehead atoms. The second-order valence-corrected chi connectivity index (χ2v) is 7.35. The van der Waals surface area contributed by atoms with Gasteiger partial charge in [0, 0.05) is 17.9 Å². The van der Waals surface area contributed by atoms with E-state index in [1.807, 2.05) is 13.8 Å². The number of hydrogen-bond donors (Lipinski definition) is 1. The largest absolute Gasteiger partial charge is 0.367 e. The highest BCUT2D eigenvalue weighted by Gasteiger charge is 2.22. The molecule has 1 aromatic carbocycles. The molecule has 24 heavy (non-hydrogen) atoms. The van der Waals surface area contributed by atoms with Crippen LogP contribution in [0.25, 0.3) is 11.3 Å². The van der Waals surface area contributed by atoms with Crippen LogP contribution in [0.4, 0.5) is 10.2 Å². The SMILES string of the molecule is CCC(C)Nc1nc(S(C)(=O)=O)nc(-c2ccccc2F)c1C=O. The maximum Gasteiger partial charge on any atom is 0.249 e. The van der Waals surface area contributed by atoms with Crippen molar-refractivity contribution in [2.45, 2.75) is 31.5 Å². The molecule has 128 valence electrons. The van der Waals surface area contributed by atoms with Crippen molar-refractivity contribution in [1.82, 2.24) is 9.97 Å². The number of nitrogens with one attached hydrogen (secondary N) is 1. The summed E-state index contributed by atoms with van der Waals surface area (Å²) in [5.74, 6) is -0.527. The van der Waals surface area contributed by atoms with E-state index < -0.39 is 20.8 Å². The van der Waals surface area contributed by atoms with Gasteiger partial charge in [-0.25, -0.2) is 22.8 Å². The first-order valence-electron chi connectivity index (χ1n) is 7.36. The summed E-state index contributed by atoms with van der Waals surface area (Å²) in [5.41, 5.74) is 0.0104. The lowest BCUT2D eigenvalue weighted by atomic mass is 10.1. The van der Waals surface area contributed by atoms with E-state index in [9.17, 15) is 17.6 Å². The second-order valence-electron chi connectivity index (χ2n) is 5.44. The molecule has 1 N–H and O–H groups in total. The van der Waals surface area contributed by atoms with Crippen LogP contribution in [0.5, 0.6) is 0 Å². The van der Waals surface area contributed by atoms with E-state index in [2.05, 4.69) is 15.3 Å². The van der Waals surface area contributed by atoms with Gasteiger partial charge in [0.2, 0.25) is 15.0 Å². The lowest BCUT2D eigenvalue weighted by Gasteiger charge is -2.16. The van der Waals surface area contributed by atoms with Crippen molar-refractivity contribution in [3.63, 3.8) is 0 Å². The highest BCUT2D eigenvalue weighted by atomic mass is 32.2. The number of benzene rings is 1. The summed E-state index contributed by atoms with van der Waals surface area (Å²) in [4.78, 5) is 19.5.